The minimum atomic E-state index is -0.518. The highest BCUT2D eigenvalue weighted by Crippen LogP contribution is 2.19. The molecule has 0 spiro atoms. The van der Waals surface area contributed by atoms with Crippen LogP contribution in [0.5, 0.6) is 0 Å². The Balaban J connectivity index is 1.76. The highest BCUT2D eigenvalue weighted by Gasteiger charge is 2.06. The lowest BCUT2D eigenvalue weighted by Crippen LogP contribution is -2.10. The summed E-state index contributed by atoms with van der Waals surface area (Å²) in [5.41, 5.74) is 14.2. The third kappa shape index (κ3) is 4.56. The second-order valence-electron chi connectivity index (χ2n) is 5.95. The number of primary amides is 2. The molecule has 0 aliphatic heterocycles. The fourth-order valence-electron chi connectivity index (χ4n) is 2.55. The van der Waals surface area contributed by atoms with E-state index in [0.717, 1.165) is 11.1 Å². The summed E-state index contributed by atoms with van der Waals surface area (Å²) in [7, 11) is 0. The number of rotatable bonds is 6. The highest BCUT2D eigenvalue weighted by atomic mass is 16.1. The van der Waals surface area contributed by atoms with Gasteiger partial charge in [0.25, 0.3) is 11.8 Å². The smallest absolute Gasteiger partial charge is 0.250 e. The van der Waals surface area contributed by atoms with Gasteiger partial charge in [-0.05, 0) is 35.4 Å². The van der Waals surface area contributed by atoms with Gasteiger partial charge in [-0.3, -0.25) is 19.6 Å². The number of nitrogens with two attached hydrogens (primary N) is 2. The van der Waals surface area contributed by atoms with Gasteiger partial charge in [0.1, 0.15) is 0 Å². The summed E-state index contributed by atoms with van der Waals surface area (Å²) in [4.78, 5) is 31.6. The Kier molecular flexibility index (Phi) is 5.72. The molecule has 0 aliphatic rings. The summed E-state index contributed by atoms with van der Waals surface area (Å²) in [6, 6.07) is 21.3. The molecule has 6 nitrogen and oxygen atoms in total. The van der Waals surface area contributed by atoms with Crippen LogP contribution in [0.3, 0.4) is 0 Å². The Morgan fingerprint density at radius 3 is 1.32 bits per heavy atom. The number of aliphatic imine (C=N–C) groups is 2. The van der Waals surface area contributed by atoms with Crippen molar-refractivity contribution in [2.24, 2.45) is 21.5 Å². The molecule has 6 heteroatoms. The van der Waals surface area contributed by atoms with Crippen LogP contribution in [0.25, 0.3) is 0 Å². The normalized spacial score (nSPS) is 11.1. The number of carbonyl (C=O) groups excluding carboxylic acids is 2. The SMILES string of the molecule is NC(=O)c1ccccc1N=Cc1ccc(C=Nc2ccccc2C(N)=O)cc1. The Hall–Kier alpha value is -4.06. The summed E-state index contributed by atoms with van der Waals surface area (Å²) in [6.45, 7) is 0. The van der Waals surface area contributed by atoms with Gasteiger partial charge in [-0.25, -0.2) is 0 Å². The molecule has 0 aliphatic carbocycles. The number of para-hydroxylation sites is 2. The largest absolute Gasteiger partial charge is 0.366 e. The van der Waals surface area contributed by atoms with Crippen LogP contribution in [0.1, 0.15) is 31.8 Å². The third-order valence-corrected chi connectivity index (χ3v) is 3.98. The first-order valence-electron chi connectivity index (χ1n) is 8.50. The zero-order valence-corrected chi connectivity index (χ0v) is 14.9. The zero-order chi connectivity index (χ0) is 19.9. The van der Waals surface area contributed by atoms with Crippen LogP contribution in [-0.4, -0.2) is 24.2 Å². The van der Waals surface area contributed by atoms with Crippen molar-refractivity contribution in [3.63, 3.8) is 0 Å². The highest BCUT2D eigenvalue weighted by molar-refractivity contribution is 5.99. The van der Waals surface area contributed by atoms with E-state index in [0.29, 0.717) is 22.5 Å². The van der Waals surface area contributed by atoms with Crippen LogP contribution < -0.4 is 11.5 Å². The van der Waals surface area contributed by atoms with E-state index in [1.54, 1.807) is 61.0 Å². The first kappa shape index (κ1) is 18.7. The summed E-state index contributed by atoms with van der Waals surface area (Å²) in [5.74, 6) is -1.04. The molecule has 0 saturated carbocycles. The molecule has 0 bridgehead atoms. The number of amides is 2. The van der Waals surface area contributed by atoms with Crippen molar-refractivity contribution in [2.45, 2.75) is 0 Å². The molecule has 4 N–H and O–H groups in total. The zero-order valence-electron chi connectivity index (χ0n) is 14.9. The molecule has 138 valence electrons. The summed E-state index contributed by atoms with van der Waals surface area (Å²) >= 11 is 0. The molecule has 3 rings (SSSR count). The Morgan fingerprint density at radius 1 is 0.607 bits per heavy atom. The van der Waals surface area contributed by atoms with Crippen molar-refractivity contribution in [1.29, 1.82) is 0 Å². The summed E-state index contributed by atoms with van der Waals surface area (Å²) in [5, 5.41) is 0. The van der Waals surface area contributed by atoms with E-state index < -0.39 is 11.8 Å². The standard InChI is InChI=1S/C22H18N4O2/c23-21(27)17-5-1-3-7-19(17)25-13-15-9-11-16(12-10-15)14-26-20-8-4-2-6-18(20)22(24)28/h1-14H,(H2,23,27)(H2,24,28). The van der Waals surface area contributed by atoms with Gasteiger partial charge in [-0.15, -0.1) is 0 Å². The molecule has 2 amide bonds. The molecular weight excluding hydrogens is 352 g/mol. The molecule has 0 radical (unpaired) electrons. The van der Waals surface area contributed by atoms with Crippen molar-refractivity contribution >= 4 is 35.6 Å². The van der Waals surface area contributed by atoms with E-state index in [-0.39, 0.29) is 0 Å². The molecule has 0 fully saturated rings. The van der Waals surface area contributed by atoms with E-state index in [2.05, 4.69) is 9.98 Å². The topological polar surface area (TPSA) is 111 Å². The van der Waals surface area contributed by atoms with E-state index in [1.807, 2.05) is 24.3 Å². The average molecular weight is 370 g/mol. The second-order valence-corrected chi connectivity index (χ2v) is 5.95. The maximum Gasteiger partial charge on any atom is 0.250 e. The average Bonchev–Trinajstić information content (AvgIpc) is 2.71. The molecule has 0 aromatic heterocycles. The van der Waals surface area contributed by atoms with Gasteiger partial charge in [0.15, 0.2) is 0 Å². The van der Waals surface area contributed by atoms with Crippen LogP contribution in [0.15, 0.2) is 82.8 Å². The fourth-order valence-corrected chi connectivity index (χ4v) is 2.55. The number of nitrogens with zero attached hydrogens (tertiary/aromatic N) is 2. The number of hydrogen-bond acceptors (Lipinski definition) is 4. The van der Waals surface area contributed by atoms with E-state index >= 15 is 0 Å². The number of carbonyl (C=O) groups is 2. The van der Waals surface area contributed by atoms with Crippen molar-refractivity contribution < 1.29 is 9.59 Å². The molecule has 0 atom stereocenters. The van der Waals surface area contributed by atoms with Gasteiger partial charge in [0.05, 0.1) is 22.5 Å². The Bertz CT molecular complexity index is 983. The van der Waals surface area contributed by atoms with Crippen LogP contribution in [0.4, 0.5) is 11.4 Å². The minimum Gasteiger partial charge on any atom is -0.366 e. The quantitative estimate of drug-likeness (QED) is 0.648. The predicted molar refractivity (Wildman–Crippen MR) is 111 cm³/mol. The summed E-state index contributed by atoms with van der Waals surface area (Å²) < 4.78 is 0. The molecule has 3 aromatic carbocycles. The van der Waals surface area contributed by atoms with Gasteiger partial charge >= 0.3 is 0 Å². The van der Waals surface area contributed by atoms with Crippen molar-refractivity contribution in [3.05, 3.63) is 95.1 Å². The molecule has 28 heavy (non-hydrogen) atoms. The van der Waals surface area contributed by atoms with Crippen LogP contribution in [-0.2, 0) is 0 Å². The molecular formula is C22H18N4O2. The van der Waals surface area contributed by atoms with E-state index in [1.165, 1.54) is 0 Å². The number of hydrogen-bond donors (Lipinski definition) is 2. The fraction of sp³-hybridized carbons (Fsp3) is 0. The van der Waals surface area contributed by atoms with Crippen LogP contribution in [0.2, 0.25) is 0 Å². The first-order valence-corrected chi connectivity index (χ1v) is 8.50. The third-order valence-electron chi connectivity index (χ3n) is 3.98. The molecule has 0 unspecified atom stereocenters. The van der Waals surface area contributed by atoms with Crippen LogP contribution in [0, 0.1) is 0 Å². The maximum absolute atomic E-state index is 11.4. The van der Waals surface area contributed by atoms with Gasteiger partial charge in [0.2, 0.25) is 0 Å². The van der Waals surface area contributed by atoms with E-state index in [4.69, 9.17) is 11.5 Å². The minimum absolute atomic E-state index is 0.371. The van der Waals surface area contributed by atoms with E-state index in [9.17, 15) is 9.59 Å². The second kappa shape index (κ2) is 8.55. The molecule has 0 saturated heterocycles. The van der Waals surface area contributed by atoms with Gasteiger partial charge in [0, 0.05) is 12.4 Å². The van der Waals surface area contributed by atoms with Crippen LogP contribution >= 0.6 is 0 Å². The van der Waals surface area contributed by atoms with Gasteiger partial charge < -0.3 is 11.5 Å². The molecule has 0 heterocycles. The monoisotopic (exact) mass is 370 g/mol. The maximum atomic E-state index is 11.4. The first-order chi connectivity index (χ1) is 13.5. The molecule has 3 aromatic rings. The lowest BCUT2D eigenvalue weighted by Gasteiger charge is -2.01. The van der Waals surface area contributed by atoms with Crippen molar-refractivity contribution in [1.82, 2.24) is 0 Å². The Labute approximate surface area is 162 Å². The van der Waals surface area contributed by atoms with Gasteiger partial charge in [-0.2, -0.15) is 0 Å². The lowest BCUT2D eigenvalue weighted by molar-refractivity contribution is 0.0992. The predicted octanol–water partition coefficient (Wildman–Crippen LogP) is 3.39. The Morgan fingerprint density at radius 2 is 0.964 bits per heavy atom. The van der Waals surface area contributed by atoms with Gasteiger partial charge in [-0.1, -0.05) is 48.5 Å². The number of benzene rings is 3. The summed E-state index contributed by atoms with van der Waals surface area (Å²) in [6.07, 6.45) is 3.32. The van der Waals surface area contributed by atoms with Crippen molar-refractivity contribution in [3.8, 4) is 0 Å². The van der Waals surface area contributed by atoms with Crippen molar-refractivity contribution in [2.75, 3.05) is 0 Å². The lowest BCUT2D eigenvalue weighted by atomic mass is 10.1.